The van der Waals surface area contributed by atoms with Gasteiger partial charge in [-0.05, 0) is 42.0 Å². The van der Waals surface area contributed by atoms with Crippen molar-refractivity contribution in [2.75, 3.05) is 11.9 Å². The van der Waals surface area contributed by atoms with Crippen LogP contribution in [0.25, 0.3) is 0 Å². The number of anilines is 1. The lowest BCUT2D eigenvalue weighted by Crippen LogP contribution is -2.15. The zero-order valence-electron chi connectivity index (χ0n) is 9.91. The topological polar surface area (TPSA) is 32.3 Å². The van der Waals surface area contributed by atoms with E-state index in [0.717, 1.165) is 0 Å². The number of hydrogen-bond donors (Lipinski definition) is 2. The molecular weight excluding hydrogens is 272 g/mol. The summed E-state index contributed by atoms with van der Waals surface area (Å²) >= 11 is 5.94. The molecule has 0 aliphatic rings. The maximum atomic E-state index is 13.0. The van der Waals surface area contributed by atoms with Gasteiger partial charge in [0, 0.05) is 10.7 Å². The predicted molar refractivity (Wildman–Crippen MR) is 71.3 cm³/mol. The summed E-state index contributed by atoms with van der Waals surface area (Å²) in [5.74, 6) is -0.780. The van der Waals surface area contributed by atoms with Gasteiger partial charge in [-0.2, -0.15) is 0 Å². The van der Waals surface area contributed by atoms with E-state index in [4.69, 9.17) is 11.6 Å². The van der Waals surface area contributed by atoms with E-state index in [9.17, 15) is 13.9 Å². The molecule has 1 unspecified atom stereocenters. The Morgan fingerprint density at radius 1 is 1.05 bits per heavy atom. The van der Waals surface area contributed by atoms with Crippen LogP contribution in [0.4, 0.5) is 14.5 Å². The zero-order chi connectivity index (χ0) is 13.8. The largest absolute Gasteiger partial charge is 0.394 e. The van der Waals surface area contributed by atoms with Crippen molar-refractivity contribution in [3.05, 3.63) is 64.7 Å². The van der Waals surface area contributed by atoms with Gasteiger partial charge in [0.25, 0.3) is 0 Å². The van der Waals surface area contributed by atoms with E-state index in [-0.39, 0.29) is 17.4 Å². The molecule has 2 nitrogen and oxygen atoms in total. The minimum absolute atomic E-state index is 0.220. The third-order valence-corrected chi connectivity index (χ3v) is 3.03. The number of nitrogens with one attached hydrogen (secondary N) is 1. The van der Waals surface area contributed by atoms with Gasteiger partial charge in [-0.15, -0.1) is 0 Å². The number of benzene rings is 2. The Kier molecular flexibility index (Phi) is 4.35. The standard InChI is InChI=1S/C14H12ClF2NO/c15-13-7-10(17)3-6-12(13)14(8-19)18-11-4-1-9(16)2-5-11/h1-7,14,18-19H,8H2. The van der Waals surface area contributed by atoms with Crippen molar-refractivity contribution in [3.63, 3.8) is 0 Å². The second-order valence-electron chi connectivity index (χ2n) is 4.05. The first-order valence-corrected chi connectivity index (χ1v) is 6.06. The van der Waals surface area contributed by atoms with Crippen molar-refractivity contribution in [2.45, 2.75) is 6.04 Å². The quantitative estimate of drug-likeness (QED) is 0.895. The SMILES string of the molecule is OCC(Nc1ccc(F)cc1)c1ccc(F)cc1Cl. The molecule has 19 heavy (non-hydrogen) atoms. The molecule has 2 aromatic rings. The van der Waals surface area contributed by atoms with E-state index >= 15 is 0 Å². The summed E-state index contributed by atoms with van der Waals surface area (Å²) in [6.45, 7) is -0.220. The van der Waals surface area contributed by atoms with Gasteiger partial charge in [0.15, 0.2) is 0 Å². The molecule has 2 N–H and O–H groups in total. The lowest BCUT2D eigenvalue weighted by Gasteiger charge is -2.19. The van der Waals surface area contributed by atoms with Crippen LogP contribution in [0.2, 0.25) is 5.02 Å². The average Bonchev–Trinajstić information content (AvgIpc) is 2.39. The number of aliphatic hydroxyl groups is 1. The van der Waals surface area contributed by atoms with Crippen molar-refractivity contribution in [1.29, 1.82) is 0 Å². The van der Waals surface area contributed by atoms with Crippen LogP contribution in [-0.4, -0.2) is 11.7 Å². The molecular formula is C14H12ClF2NO. The van der Waals surface area contributed by atoms with Crippen LogP contribution in [-0.2, 0) is 0 Å². The minimum Gasteiger partial charge on any atom is -0.394 e. The van der Waals surface area contributed by atoms with E-state index in [0.29, 0.717) is 11.3 Å². The van der Waals surface area contributed by atoms with Crippen LogP contribution >= 0.6 is 11.6 Å². The van der Waals surface area contributed by atoms with E-state index in [1.165, 1.54) is 30.3 Å². The molecule has 0 bridgehead atoms. The molecule has 2 aromatic carbocycles. The number of aliphatic hydroxyl groups excluding tert-OH is 1. The first-order valence-electron chi connectivity index (χ1n) is 5.68. The molecule has 0 aliphatic carbocycles. The second kappa shape index (κ2) is 5.99. The summed E-state index contributed by atoms with van der Waals surface area (Å²) in [6, 6.07) is 9.20. The van der Waals surface area contributed by atoms with Crippen LogP contribution in [0.1, 0.15) is 11.6 Å². The van der Waals surface area contributed by atoms with E-state index in [2.05, 4.69) is 5.32 Å². The smallest absolute Gasteiger partial charge is 0.124 e. The second-order valence-corrected chi connectivity index (χ2v) is 4.46. The Bertz CT molecular complexity index is 560. The van der Waals surface area contributed by atoms with Crippen molar-refractivity contribution >= 4 is 17.3 Å². The van der Waals surface area contributed by atoms with E-state index < -0.39 is 11.9 Å². The summed E-state index contributed by atoms with van der Waals surface area (Å²) < 4.78 is 25.8. The molecule has 0 spiro atoms. The Morgan fingerprint density at radius 2 is 1.68 bits per heavy atom. The van der Waals surface area contributed by atoms with Crippen LogP contribution in [0.5, 0.6) is 0 Å². The predicted octanol–water partition coefficient (Wildman–Crippen LogP) is 3.76. The van der Waals surface area contributed by atoms with E-state index in [1.807, 2.05) is 0 Å². The van der Waals surface area contributed by atoms with Crippen LogP contribution in [0, 0.1) is 11.6 Å². The van der Waals surface area contributed by atoms with E-state index in [1.54, 1.807) is 12.1 Å². The third-order valence-electron chi connectivity index (χ3n) is 2.71. The molecule has 1 atom stereocenters. The average molecular weight is 284 g/mol. The zero-order valence-corrected chi connectivity index (χ0v) is 10.7. The molecule has 0 heterocycles. The Morgan fingerprint density at radius 3 is 2.26 bits per heavy atom. The summed E-state index contributed by atoms with van der Waals surface area (Å²) in [7, 11) is 0. The third kappa shape index (κ3) is 3.43. The molecule has 0 saturated carbocycles. The van der Waals surface area contributed by atoms with Gasteiger partial charge >= 0.3 is 0 Å². The minimum atomic E-state index is -0.487. The number of hydrogen-bond acceptors (Lipinski definition) is 2. The molecule has 100 valence electrons. The van der Waals surface area contributed by atoms with Gasteiger partial charge in [-0.25, -0.2) is 8.78 Å². The van der Waals surface area contributed by atoms with Gasteiger partial charge in [0.1, 0.15) is 11.6 Å². The first kappa shape index (κ1) is 13.8. The van der Waals surface area contributed by atoms with Gasteiger partial charge in [0.05, 0.1) is 12.6 Å². The van der Waals surface area contributed by atoms with Gasteiger partial charge < -0.3 is 10.4 Å². The van der Waals surface area contributed by atoms with Crippen molar-refractivity contribution in [2.24, 2.45) is 0 Å². The lowest BCUT2D eigenvalue weighted by molar-refractivity contribution is 0.276. The number of rotatable bonds is 4. The molecule has 0 fully saturated rings. The highest BCUT2D eigenvalue weighted by Crippen LogP contribution is 2.26. The van der Waals surface area contributed by atoms with Crippen molar-refractivity contribution in [3.8, 4) is 0 Å². The highest BCUT2D eigenvalue weighted by molar-refractivity contribution is 6.31. The molecule has 0 amide bonds. The first-order chi connectivity index (χ1) is 9.10. The lowest BCUT2D eigenvalue weighted by atomic mass is 10.1. The fraction of sp³-hybridized carbons (Fsp3) is 0.143. The summed E-state index contributed by atoms with van der Waals surface area (Å²) in [5, 5.41) is 12.6. The van der Waals surface area contributed by atoms with Crippen molar-refractivity contribution < 1.29 is 13.9 Å². The fourth-order valence-electron chi connectivity index (χ4n) is 1.75. The maximum absolute atomic E-state index is 13.0. The summed E-state index contributed by atoms with van der Waals surface area (Å²) in [5.41, 5.74) is 1.22. The molecule has 5 heteroatoms. The molecule has 0 aliphatic heterocycles. The van der Waals surface area contributed by atoms with Crippen LogP contribution in [0.15, 0.2) is 42.5 Å². The summed E-state index contributed by atoms with van der Waals surface area (Å²) in [4.78, 5) is 0. The molecule has 2 rings (SSSR count). The Hall–Kier alpha value is -1.65. The van der Waals surface area contributed by atoms with Gasteiger partial charge in [0.2, 0.25) is 0 Å². The maximum Gasteiger partial charge on any atom is 0.124 e. The monoisotopic (exact) mass is 283 g/mol. The van der Waals surface area contributed by atoms with Crippen LogP contribution in [0.3, 0.4) is 0 Å². The molecule has 0 saturated heterocycles. The molecule has 0 aromatic heterocycles. The summed E-state index contributed by atoms with van der Waals surface area (Å²) in [6.07, 6.45) is 0. The fourth-order valence-corrected chi connectivity index (χ4v) is 2.05. The Balaban J connectivity index is 2.22. The highest BCUT2D eigenvalue weighted by Gasteiger charge is 2.14. The van der Waals surface area contributed by atoms with Crippen LogP contribution < -0.4 is 5.32 Å². The number of halogens is 3. The van der Waals surface area contributed by atoms with Gasteiger partial charge in [-0.3, -0.25) is 0 Å². The highest BCUT2D eigenvalue weighted by atomic mass is 35.5. The Labute approximate surface area is 114 Å². The van der Waals surface area contributed by atoms with Crippen molar-refractivity contribution in [1.82, 2.24) is 0 Å². The molecule has 0 radical (unpaired) electrons. The normalized spacial score (nSPS) is 12.2. The van der Waals surface area contributed by atoms with Gasteiger partial charge in [-0.1, -0.05) is 17.7 Å².